The number of rotatable bonds is 4. The van der Waals surface area contributed by atoms with E-state index in [4.69, 9.17) is 5.73 Å². The minimum atomic E-state index is -0.949. The van der Waals surface area contributed by atoms with Gasteiger partial charge in [0.05, 0.1) is 5.92 Å². The zero-order valence-corrected chi connectivity index (χ0v) is 13.5. The van der Waals surface area contributed by atoms with Gasteiger partial charge in [0.15, 0.2) is 0 Å². The Morgan fingerprint density at radius 1 is 1.50 bits per heavy atom. The molecule has 0 bridgehead atoms. The van der Waals surface area contributed by atoms with Crippen LogP contribution < -0.4 is 5.73 Å². The molecule has 0 spiro atoms. The molecular weight excluding hydrogens is 300 g/mol. The highest BCUT2D eigenvalue weighted by atomic mass is 32.2. The molecule has 22 heavy (non-hydrogen) atoms. The quantitative estimate of drug-likeness (QED) is 0.825. The van der Waals surface area contributed by atoms with Gasteiger partial charge in [-0.05, 0) is 49.1 Å². The lowest BCUT2D eigenvalue weighted by atomic mass is 9.92. The van der Waals surface area contributed by atoms with Crippen LogP contribution in [-0.4, -0.2) is 39.0 Å². The Morgan fingerprint density at radius 3 is 2.95 bits per heavy atom. The van der Waals surface area contributed by atoms with Crippen LogP contribution in [0, 0.1) is 5.92 Å². The lowest BCUT2D eigenvalue weighted by Gasteiger charge is -2.26. The highest BCUT2D eigenvalue weighted by molar-refractivity contribution is 7.83. The number of carboxylic acid groups (broad SMARTS) is 1. The van der Waals surface area contributed by atoms with E-state index in [-0.39, 0.29) is 18.0 Å². The standard InChI is InChI=1S/C16H22N2O3S/c1-22(21)9-10-7-11(17)4-5-12(10)15-8-13(16(19)20)14-3-2-6-18(14)15/h4-5,7,13-15H,2-3,6,8-9,17H2,1H3,(H,19,20). The summed E-state index contributed by atoms with van der Waals surface area (Å²) in [6.45, 7) is 0.943. The summed E-state index contributed by atoms with van der Waals surface area (Å²) in [5.74, 6) is -0.534. The summed E-state index contributed by atoms with van der Waals surface area (Å²) in [6.07, 6.45) is 4.32. The van der Waals surface area contributed by atoms with Crippen LogP contribution in [0.5, 0.6) is 0 Å². The first-order valence-corrected chi connectivity index (χ1v) is 9.37. The number of nitrogen functional groups attached to an aromatic ring is 1. The van der Waals surface area contributed by atoms with Crippen LogP contribution in [0.1, 0.15) is 36.4 Å². The highest BCUT2D eigenvalue weighted by Crippen LogP contribution is 2.46. The third-order valence-electron chi connectivity index (χ3n) is 4.89. The maximum Gasteiger partial charge on any atom is 0.308 e. The Labute approximate surface area is 132 Å². The number of hydrogen-bond donors (Lipinski definition) is 2. The molecule has 2 heterocycles. The smallest absolute Gasteiger partial charge is 0.308 e. The molecule has 2 aliphatic heterocycles. The van der Waals surface area contributed by atoms with Gasteiger partial charge in [0, 0.05) is 40.6 Å². The average Bonchev–Trinajstić information content (AvgIpc) is 3.00. The highest BCUT2D eigenvalue weighted by Gasteiger charge is 2.47. The number of fused-ring (bicyclic) bond motifs is 1. The molecular formula is C16H22N2O3S. The molecule has 2 aliphatic rings. The Balaban J connectivity index is 1.96. The molecule has 1 aromatic rings. The van der Waals surface area contributed by atoms with Gasteiger partial charge in [-0.25, -0.2) is 0 Å². The van der Waals surface area contributed by atoms with Crippen molar-refractivity contribution in [2.75, 3.05) is 18.5 Å². The van der Waals surface area contributed by atoms with Gasteiger partial charge < -0.3 is 10.8 Å². The number of nitrogens with two attached hydrogens (primary N) is 1. The van der Waals surface area contributed by atoms with E-state index in [0.29, 0.717) is 17.9 Å². The van der Waals surface area contributed by atoms with Crippen LogP contribution in [0.25, 0.3) is 0 Å². The van der Waals surface area contributed by atoms with Gasteiger partial charge in [-0.2, -0.15) is 0 Å². The van der Waals surface area contributed by atoms with E-state index in [1.807, 2.05) is 18.2 Å². The molecule has 4 unspecified atom stereocenters. The topological polar surface area (TPSA) is 83.6 Å². The van der Waals surface area contributed by atoms with Gasteiger partial charge in [0.25, 0.3) is 0 Å². The third kappa shape index (κ3) is 2.77. The maximum atomic E-state index is 11.7. The van der Waals surface area contributed by atoms with Crippen molar-refractivity contribution in [2.45, 2.75) is 37.1 Å². The number of anilines is 1. The number of carboxylic acids is 1. The summed E-state index contributed by atoms with van der Waals surface area (Å²) in [5, 5.41) is 9.49. The SMILES string of the molecule is CS(=O)Cc1cc(N)ccc1C1CC(C(=O)O)C2CCCN12. The van der Waals surface area contributed by atoms with E-state index in [2.05, 4.69) is 4.90 Å². The van der Waals surface area contributed by atoms with E-state index in [1.54, 1.807) is 6.26 Å². The van der Waals surface area contributed by atoms with E-state index < -0.39 is 16.8 Å². The molecule has 0 amide bonds. The summed E-state index contributed by atoms with van der Waals surface area (Å²) in [6, 6.07) is 5.97. The number of nitrogens with zero attached hydrogens (tertiary/aromatic N) is 1. The maximum absolute atomic E-state index is 11.7. The summed E-state index contributed by atoms with van der Waals surface area (Å²) >= 11 is 0. The molecule has 4 atom stereocenters. The zero-order chi connectivity index (χ0) is 15.9. The van der Waals surface area contributed by atoms with E-state index >= 15 is 0 Å². The molecule has 120 valence electrons. The molecule has 3 N–H and O–H groups in total. The van der Waals surface area contributed by atoms with Crippen molar-refractivity contribution < 1.29 is 14.1 Å². The normalized spacial score (nSPS) is 29.4. The first-order valence-electron chi connectivity index (χ1n) is 7.64. The molecule has 0 aromatic heterocycles. The molecule has 0 saturated carbocycles. The summed E-state index contributed by atoms with van der Waals surface area (Å²) in [5.41, 5.74) is 8.63. The van der Waals surface area contributed by atoms with Crippen LogP contribution in [0.3, 0.4) is 0 Å². The molecule has 2 saturated heterocycles. The molecule has 0 aliphatic carbocycles. The average molecular weight is 322 g/mol. The second kappa shape index (κ2) is 6.01. The van der Waals surface area contributed by atoms with Crippen LogP contribution >= 0.6 is 0 Å². The fourth-order valence-corrected chi connectivity index (χ4v) is 4.72. The molecule has 1 aromatic carbocycles. The van der Waals surface area contributed by atoms with Crippen molar-refractivity contribution in [3.05, 3.63) is 29.3 Å². The van der Waals surface area contributed by atoms with Crippen molar-refractivity contribution in [3.8, 4) is 0 Å². The van der Waals surface area contributed by atoms with Crippen LogP contribution in [-0.2, 0) is 21.3 Å². The fraction of sp³-hybridized carbons (Fsp3) is 0.562. The minimum absolute atomic E-state index is 0.104. The third-order valence-corrected chi connectivity index (χ3v) is 5.60. The van der Waals surface area contributed by atoms with Crippen molar-refractivity contribution in [1.82, 2.24) is 4.90 Å². The van der Waals surface area contributed by atoms with Crippen LogP contribution in [0.4, 0.5) is 5.69 Å². The van der Waals surface area contributed by atoms with Crippen molar-refractivity contribution in [2.24, 2.45) is 5.92 Å². The Kier molecular flexibility index (Phi) is 4.23. The molecule has 5 nitrogen and oxygen atoms in total. The first-order chi connectivity index (χ1) is 10.5. The zero-order valence-electron chi connectivity index (χ0n) is 12.7. The van der Waals surface area contributed by atoms with Gasteiger partial charge in [0.1, 0.15) is 0 Å². The largest absolute Gasteiger partial charge is 0.481 e. The summed E-state index contributed by atoms with van der Waals surface area (Å²) < 4.78 is 11.7. The summed E-state index contributed by atoms with van der Waals surface area (Å²) in [4.78, 5) is 13.9. The molecule has 6 heteroatoms. The second-order valence-electron chi connectivity index (χ2n) is 6.32. The predicted octanol–water partition coefficient (Wildman–Crippen LogP) is 1.76. The number of aliphatic carboxylic acids is 1. The lowest BCUT2D eigenvalue weighted by molar-refractivity contribution is -0.142. The van der Waals surface area contributed by atoms with Gasteiger partial charge >= 0.3 is 5.97 Å². The minimum Gasteiger partial charge on any atom is -0.481 e. The monoisotopic (exact) mass is 322 g/mol. The van der Waals surface area contributed by atoms with E-state index in [1.165, 1.54) is 0 Å². The number of benzene rings is 1. The van der Waals surface area contributed by atoms with Crippen molar-refractivity contribution in [1.29, 1.82) is 0 Å². The predicted molar refractivity (Wildman–Crippen MR) is 86.8 cm³/mol. The molecule has 0 radical (unpaired) electrons. The van der Waals surface area contributed by atoms with Crippen LogP contribution in [0.15, 0.2) is 18.2 Å². The van der Waals surface area contributed by atoms with E-state index in [0.717, 1.165) is 30.5 Å². The van der Waals surface area contributed by atoms with E-state index in [9.17, 15) is 14.1 Å². The van der Waals surface area contributed by atoms with Crippen molar-refractivity contribution >= 4 is 22.5 Å². The Hall–Kier alpha value is -1.40. The first kappa shape index (κ1) is 15.5. The Bertz CT molecular complexity index is 619. The molecule has 2 fully saturated rings. The Morgan fingerprint density at radius 2 is 2.27 bits per heavy atom. The van der Waals surface area contributed by atoms with Gasteiger partial charge in [-0.3, -0.25) is 13.9 Å². The fourth-order valence-electron chi connectivity index (χ4n) is 4.03. The van der Waals surface area contributed by atoms with Crippen molar-refractivity contribution in [3.63, 3.8) is 0 Å². The van der Waals surface area contributed by atoms with Crippen LogP contribution in [0.2, 0.25) is 0 Å². The number of carbonyl (C=O) groups is 1. The van der Waals surface area contributed by atoms with Gasteiger partial charge in [-0.1, -0.05) is 6.07 Å². The van der Waals surface area contributed by atoms with Gasteiger partial charge in [-0.15, -0.1) is 0 Å². The second-order valence-corrected chi connectivity index (χ2v) is 7.75. The number of hydrogen-bond acceptors (Lipinski definition) is 4. The molecule has 3 rings (SSSR count). The van der Waals surface area contributed by atoms with Gasteiger partial charge in [0.2, 0.25) is 0 Å². The summed E-state index contributed by atoms with van der Waals surface area (Å²) in [7, 11) is -0.949. The lowest BCUT2D eigenvalue weighted by Crippen LogP contribution is -2.31.